The first-order valence-electron chi connectivity index (χ1n) is 10.2. The molecule has 1 amide bonds. The van der Waals surface area contributed by atoms with Crippen molar-refractivity contribution in [2.75, 3.05) is 35.2 Å². The van der Waals surface area contributed by atoms with Crippen molar-refractivity contribution in [1.29, 1.82) is 5.26 Å². The maximum absolute atomic E-state index is 12.5. The van der Waals surface area contributed by atoms with Gasteiger partial charge in [0.25, 0.3) is 5.91 Å². The Morgan fingerprint density at radius 2 is 1.75 bits per heavy atom. The van der Waals surface area contributed by atoms with Gasteiger partial charge in [0.2, 0.25) is 0 Å². The number of carbonyl (C=O) groups excluding carboxylic acids is 2. The fraction of sp³-hybridized carbons (Fsp3) is 0.292. The van der Waals surface area contributed by atoms with E-state index < -0.39 is 11.9 Å². The van der Waals surface area contributed by atoms with Crippen LogP contribution < -0.4 is 27.9 Å². The lowest BCUT2D eigenvalue weighted by molar-refractivity contribution is -0.112. The Morgan fingerprint density at radius 3 is 2.28 bits per heavy atom. The molecule has 0 heterocycles. The van der Waals surface area contributed by atoms with E-state index in [9.17, 15) is 14.9 Å². The molecule has 0 saturated heterocycles. The molecule has 32 heavy (non-hydrogen) atoms. The molecule has 0 bridgehead atoms. The summed E-state index contributed by atoms with van der Waals surface area (Å²) in [5.41, 5.74) is 3.74. The molecule has 0 saturated carbocycles. The van der Waals surface area contributed by atoms with Crippen LogP contribution in [-0.4, -0.2) is 31.6 Å². The molecule has 0 radical (unpaired) electrons. The van der Waals surface area contributed by atoms with Gasteiger partial charge in [-0.3, -0.25) is 4.79 Å². The van der Waals surface area contributed by atoms with E-state index >= 15 is 0 Å². The van der Waals surface area contributed by atoms with Crippen LogP contribution in [0, 0.1) is 18.3 Å². The molecule has 0 aromatic heterocycles. The predicted octanol–water partition coefficient (Wildman–Crippen LogP) is 1.48. The summed E-state index contributed by atoms with van der Waals surface area (Å²) >= 11 is 0. The highest BCUT2D eigenvalue weighted by molar-refractivity contribution is 6.07. The number of halogens is 1. The first kappa shape index (κ1) is 26.5. The summed E-state index contributed by atoms with van der Waals surface area (Å²) in [6.45, 7) is 10.0. The van der Waals surface area contributed by atoms with Gasteiger partial charge in [0.1, 0.15) is 11.6 Å². The van der Waals surface area contributed by atoms with Crippen LogP contribution in [0.25, 0.3) is 0 Å². The van der Waals surface area contributed by atoms with Gasteiger partial charge in [-0.05, 0) is 75.7 Å². The van der Waals surface area contributed by atoms with Crippen LogP contribution in [0.5, 0.6) is 0 Å². The standard InChI is InChI=1S/C24H28N4O3.ClH/c1-5-28(6-2)21-12-13-22(17(4)14-21)26-16-19(15-25)23(29)27-20-10-8-18(9-11-20)24(30)31-7-3;/h8-14,16,26H,5-7H2,1-4H3,(H,27,29);1H/p-1/b19-16-;. The molecule has 2 rings (SSSR count). The smallest absolute Gasteiger partial charge is 0.338 e. The van der Waals surface area contributed by atoms with Crippen LogP contribution >= 0.6 is 0 Å². The van der Waals surface area contributed by atoms with E-state index in [0.717, 1.165) is 30.0 Å². The van der Waals surface area contributed by atoms with E-state index in [-0.39, 0.29) is 24.6 Å². The third-order valence-electron chi connectivity index (χ3n) is 4.73. The Kier molecular flexibility index (Phi) is 10.8. The average molecular weight is 456 g/mol. The lowest BCUT2D eigenvalue weighted by atomic mass is 10.1. The van der Waals surface area contributed by atoms with Crippen molar-refractivity contribution in [3.63, 3.8) is 0 Å². The van der Waals surface area contributed by atoms with Crippen molar-refractivity contribution >= 4 is 28.9 Å². The molecule has 2 N–H and O–H groups in total. The number of ether oxygens (including phenoxy) is 1. The third kappa shape index (κ3) is 7.03. The van der Waals surface area contributed by atoms with E-state index in [2.05, 4.69) is 35.4 Å². The number of nitrogens with one attached hydrogen (secondary N) is 2. The Hall–Kier alpha value is -3.50. The topological polar surface area (TPSA) is 94.5 Å². The average Bonchev–Trinajstić information content (AvgIpc) is 2.77. The van der Waals surface area contributed by atoms with Gasteiger partial charge in [0.05, 0.1) is 12.2 Å². The number of nitriles is 1. The SMILES string of the molecule is CCOC(=O)c1ccc(NC(=O)/C(C#N)=C\Nc2ccc(N(CC)CC)cc2C)cc1.[Cl-]. The summed E-state index contributed by atoms with van der Waals surface area (Å²) in [5.74, 6) is -0.971. The van der Waals surface area contributed by atoms with Gasteiger partial charge in [-0.2, -0.15) is 5.26 Å². The van der Waals surface area contributed by atoms with Crippen LogP contribution in [0.3, 0.4) is 0 Å². The van der Waals surface area contributed by atoms with Crippen LogP contribution in [-0.2, 0) is 9.53 Å². The molecule has 0 spiro atoms. The molecule has 8 heteroatoms. The zero-order chi connectivity index (χ0) is 22.8. The molecule has 0 atom stereocenters. The van der Waals surface area contributed by atoms with E-state index in [1.807, 2.05) is 25.1 Å². The number of hydrogen-bond donors (Lipinski definition) is 2. The molecule has 7 nitrogen and oxygen atoms in total. The molecule has 0 aliphatic heterocycles. The number of amides is 1. The zero-order valence-electron chi connectivity index (χ0n) is 18.7. The van der Waals surface area contributed by atoms with Crippen LogP contribution in [0.2, 0.25) is 0 Å². The first-order valence-corrected chi connectivity index (χ1v) is 10.2. The van der Waals surface area contributed by atoms with Crippen molar-refractivity contribution in [2.45, 2.75) is 27.7 Å². The number of nitrogens with zero attached hydrogens (tertiary/aromatic N) is 2. The number of aryl methyl sites for hydroxylation is 1. The Labute approximate surface area is 195 Å². The molecule has 0 aliphatic carbocycles. The molecule has 0 unspecified atom stereocenters. The lowest BCUT2D eigenvalue weighted by Crippen LogP contribution is -3.00. The highest BCUT2D eigenvalue weighted by Crippen LogP contribution is 2.23. The first-order chi connectivity index (χ1) is 14.9. The number of esters is 1. The largest absolute Gasteiger partial charge is 1.00 e. The minimum absolute atomic E-state index is 0. The molecule has 2 aromatic carbocycles. The summed E-state index contributed by atoms with van der Waals surface area (Å²) < 4.78 is 4.93. The minimum atomic E-state index is -0.545. The van der Waals surface area contributed by atoms with Gasteiger partial charge < -0.3 is 32.7 Å². The molecule has 170 valence electrons. The second-order valence-electron chi connectivity index (χ2n) is 6.74. The maximum Gasteiger partial charge on any atom is 0.338 e. The maximum atomic E-state index is 12.5. The molecule has 2 aromatic rings. The summed E-state index contributed by atoms with van der Waals surface area (Å²) in [6.07, 6.45) is 1.39. The minimum Gasteiger partial charge on any atom is -1.00 e. The van der Waals surface area contributed by atoms with Gasteiger partial charge >= 0.3 is 5.97 Å². The van der Waals surface area contributed by atoms with Crippen LogP contribution in [0.15, 0.2) is 54.2 Å². The second kappa shape index (κ2) is 13.0. The number of hydrogen-bond acceptors (Lipinski definition) is 6. The summed E-state index contributed by atoms with van der Waals surface area (Å²) in [7, 11) is 0. The fourth-order valence-electron chi connectivity index (χ4n) is 3.00. The summed E-state index contributed by atoms with van der Waals surface area (Å²) in [4.78, 5) is 26.4. The van der Waals surface area contributed by atoms with Crippen molar-refractivity contribution in [3.05, 3.63) is 65.4 Å². The van der Waals surface area contributed by atoms with Crippen molar-refractivity contribution < 1.29 is 26.7 Å². The Bertz CT molecular complexity index is 993. The van der Waals surface area contributed by atoms with Crippen LogP contribution in [0.4, 0.5) is 17.1 Å². The van der Waals surface area contributed by atoms with Crippen molar-refractivity contribution in [2.24, 2.45) is 0 Å². The highest BCUT2D eigenvalue weighted by Gasteiger charge is 2.11. The van der Waals surface area contributed by atoms with Gasteiger partial charge in [-0.15, -0.1) is 0 Å². The number of rotatable bonds is 9. The quantitative estimate of drug-likeness (QED) is 0.338. The number of benzene rings is 2. The predicted molar refractivity (Wildman–Crippen MR) is 123 cm³/mol. The molecule has 0 aliphatic rings. The normalized spacial score (nSPS) is 10.4. The molecule has 0 fully saturated rings. The zero-order valence-corrected chi connectivity index (χ0v) is 19.5. The summed E-state index contributed by atoms with van der Waals surface area (Å²) in [5, 5.41) is 15.1. The summed E-state index contributed by atoms with van der Waals surface area (Å²) in [6, 6.07) is 14.2. The Balaban J connectivity index is 0.00000512. The van der Waals surface area contributed by atoms with Crippen LogP contribution in [0.1, 0.15) is 36.7 Å². The third-order valence-corrected chi connectivity index (χ3v) is 4.73. The van der Waals surface area contributed by atoms with E-state index in [1.165, 1.54) is 6.20 Å². The molecular weight excluding hydrogens is 428 g/mol. The number of anilines is 3. The van der Waals surface area contributed by atoms with Gasteiger partial charge in [-0.1, -0.05) is 0 Å². The monoisotopic (exact) mass is 455 g/mol. The lowest BCUT2D eigenvalue weighted by Gasteiger charge is -2.22. The van der Waals surface area contributed by atoms with Gasteiger partial charge in [0.15, 0.2) is 0 Å². The van der Waals surface area contributed by atoms with E-state index in [4.69, 9.17) is 4.74 Å². The van der Waals surface area contributed by atoms with Gasteiger partial charge in [0, 0.05) is 36.4 Å². The van der Waals surface area contributed by atoms with Crippen molar-refractivity contribution in [1.82, 2.24) is 0 Å². The number of carbonyl (C=O) groups is 2. The Morgan fingerprint density at radius 1 is 1.09 bits per heavy atom. The molecular formula is C24H28ClN4O3-. The van der Waals surface area contributed by atoms with E-state index in [0.29, 0.717) is 11.3 Å². The van der Waals surface area contributed by atoms with Crippen molar-refractivity contribution in [3.8, 4) is 6.07 Å². The fourth-order valence-corrected chi connectivity index (χ4v) is 3.00. The highest BCUT2D eigenvalue weighted by atomic mass is 35.5. The van der Waals surface area contributed by atoms with Gasteiger partial charge in [-0.25, -0.2) is 4.79 Å². The van der Waals surface area contributed by atoms with E-state index in [1.54, 1.807) is 31.2 Å². The second-order valence-corrected chi connectivity index (χ2v) is 6.74.